The fourth-order valence-electron chi connectivity index (χ4n) is 0.914. The van der Waals surface area contributed by atoms with Gasteiger partial charge >= 0.3 is 5.97 Å². The standard InChI is InChI=1S/C9H12O3S2/c1-6(2)8(10)11-4-3-7-5-14-9(13)12-7/h7H,1,3-5H2,2H3. The third-order valence-corrected chi connectivity index (χ3v) is 2.99. The molecule has 0 spiro atoms. The predicted molar refractivity (Wildman–Crippen MR) is 60.3 cm³/mol. The van der Waals surface area contributed by atoms with Crippen LogP contribution in [-0.2, 0) is 14.3 Å². The fourth-order valence-corrected chi connectivity index (χ4v) is 2.01. The number of ether oxygens (including phenoxy) is 2. The summed E-state index contributed by atoms with van der Waals surface area (Å²) in [5.74, 6) is 0.502. The fraction of sp³-hybridized carbons (Fsp3) is 0.556. The molecule has 1 aliphatic rings. The van der Waals surface area contributed by atoms with E-state index in [0.29, 0.717) is 23.0 Å². The maximum Gasteiger partial charge on any atom is 0.333 e. The molecule has 0 bridgehead atoms. The lowest BCUT2D eigenvalue weighted by molar-refractivity contribution is -0.139. The van der Waals surface area contributed by atoms with Crippen LogP contribution in [0.4, 0.5) is 0 Å². The first-order valence-electron chi connectivity index (χ1n) is 4.25. The van der Waals surface area contributed by atoms with Gasteiger partial charge in [0.05, 0.1) is 6.61 Å². The van der Waals surface area contributed by atoms with Gasteiger partial charge < -0.3 is 9.47 Å². The van der Waals surface area contributed by atoms with Crippen molar-refractivity contribution in [3.05, 3.63) is 12.2 Å². The van der Waals surface area contributed by atoms with E-state index in [1.54, 1.807) is 6.92 Å². The highest BCUT2D eigenvalue weighted by atomic mass is 32.2. The highest BCUT2D eigenvalue weighted by Gasteiger charge is 2.21. The van der Waals surface area contributed by atoms with Gasteiger partial charge in [-0.25, -0.2) is 4.79 Å². The molecule has 1 unspecified atom stereocenters. The number of carbonyl (C=O) groups excluding carboxylic acids is 1. The van der Waals surface area contributed by atoms with Gasteiger partial charge in [-0.15, -0.1) is 0 Å². The molecule has 5 heteroatoms. The van der Waals surface area contributed by atoms with Crippen molar-refractivity contribution in [2.75, 3.05) is 12.4 Å². The van der Waals surface area contributed by atoms with Gasteiger partial charge in [-0.3, -0.25) is 0 Å². The summed E-state index contributed by atoms with van der Waals surface area (Å²) in [5.41, 5.74) is 0.419. The number of thiocarbonyl (C=S) groups is 1. The highest BCUT2D eigenvalue weighted by molar-refractivity contribution is 8.22. The van der Waals surface area contributed by atoms with Crippen LogP contribution >= 0.6 is 24.0 Å². The van der Waals surface area contributed by atoms with E-state index in [-0.39, 0.29) is 12.1 Å². The van der Waals surface area contributed by atoms with Gasteiger partial charge in [-0.1, -0.05) is 18.3 Å². The van der Waals surface area contributed by atoms with Crippen molar-refractivity contribution in [3.63, 3.8) is 0 Å². The van der Waals surface area contributed by atoms with E-state index in [0.717, 1.165) is 5.75 Å². The molecule has 14 heavy (non-hydrogen) atoms. The van der Waals surface area contributed by atoms with Crippen LogP contribution in [0.1, 0.15) is 13.3 Å². The third kappa shape index (κ3) is 3.67. The van der Waals surface area contributed by atoms with Crippen molar-refractivity contribution in [2.24, 2.45) is 0 Å². The summed E-state index contributed by atoms with van der Waals surface area (Å²) in [6.07, 6.45) is 0.775. The maximum absolute atomic E-state index is 11.0. The maximum atomic E-state index is 11.0. The zero-order valence-corrected chi connectivity index (χ0v) is 9.58. The van der Waals surface area contributed by atoms with Crippen molar-refractivity contribution in [1.82, 2.24) is 0 Å². The zero-order valence-electron chi connectivity index (χ0n) is 7.95. The number of thioether (sulfide) groups is 1. The SMILES string of the molecule is C=C(C)C(=O)OCCC1CSC(=S)O1. The van der Waals surface area contributed by atoms with Crippen LogP contribution in [0.3, 0.4) is 0 Å². The number of esters is 1. The predicted octanol–water partition coefficient (Wildman–Crippen LogP) is 1.91. The normalized spacial score (nSPS) is 20.4. The van der Waals surface area contributed by atoms with Crippen LogP contribution in [0.25, 0.3) is 0 Å². The monoisotopic (exact) mass is 232 g/mol. The van der Waals surface area contributed by atoms with Gasteiger partial charge in [0.2, 0.25) is 4.38 Å². The Labute approximate surface area is 92.8 Å². The number of carbonyl (C=O) groups is 1. The summed E-state index contributed by atoms with van der Waals surface area (Å²) in [4.78, 5) is 11.0. The molecule has 3 nitrogen and oxygen atoms in total. The van der Waals surface area contributed by atoms with E-state index >= 15 is 0 Å². The molecule has 1 fully saturated rings. The van der Waals surface area contributed by atoms with Crippen LogP contribution in [0, 0.1) is 0 Å². The average Bonchev–Trinajstić information content (AvgIpc) is 2.51. The molecule has 0 radical (unpaired) electrons. The smallest absolute Gasteiger partial charge is 0.333 e. The van der Waals surface area contributed by atoms with Gasteiger partial charge in [0.15, 0.2) is 0 Å². The molecule has 1 heterocycles. The van der Waals surface area contributed by atoms with Crippen LogP contribution < -0.4 is 0 Å². The topological polar surface area (TPSA) is 35.5 Å². The first-order valence-corrected chi connectivity index (χ1v) is 5.65. The lowest BCUT2D eigenvalue weighted by Crippen LogP contribution is -2.15. The molecular weight excluding hydrogens is 220 g/mol. The summed E-state index contributed by atoms with van der Waals surface area (Å²) in [5, 5.41) is 0. The second kappa shape index (κ2) is 5.36. The molecule has 0 N–H and O–H groups in total. The quantitative estimate of drug-likeness (QED) is 0.420. The Morgan fingerprint density at radius 3 is 3.07 bits per heavy atom. The minimum absolute atomic E-state index is 0.0884. The summed E-state index contributed by atoms with van der Waals surface area (Å²) in [6.45, 7) is 5.47. The zero-order chi connectivity index (χ0) is 10.6. The minimum Gasteiger partial charge on any atom is -0.474 e. The molecule has 1 atom stereocenters. The second-order valence-electron chi connectivity index (χ2n) is 3.01. The lowest BCUT2D eigenvalue weighted by Gasteiger charge is -2.08. The minimum atomic E-state index is -0.349. The molecule has 1 aliphatic heterocycles. The van der Waals surface area contributed by atoms with E-state index in [9.17, 15) is 4.79 Å². The van der Waals surface area contributed by atoms with Crippen molar-refractivity contribution >= 4 is 34.3 Å². The second-order valence-corrected chi connectivity index (χ2v) is 4.63. The third-order valence-electron chi connectivity index (χ3n) is 1.67. The van der Waals surface area contributed by atoms with Crippen molar-refractivity contribution in [2.45, 2.75) is 19.4 Å². The van der Waals surface area contributed by atoms with E-state index in [4.69, 9.17) is 21.7 Å². The van der Waals surface area contributed by atoms with Gasteiger partial charge in [-0.05, 0) is 19.1 Å². The van der Waals surface area contributed by atoms with Crippen molar-refractivity contribution in [1.29, 1.82) is 0 Å². The van der Waals surface area contributed by atoms with Gasteiger partial charge in [-0.2, -0.15) is 0 Å². The van der Waals surface area contributed by atoms with Gasteiger partial charge in [0.1, 0.15) is 6.10 Å². The summed E-state index contributed by atoms with van der Waals surface area (Å²) in [6, 6.07) is 0. The molecule has 0 aromatic rings. The Balaban J connectivity index is 2.13. The molecule has 78 valence electrons. The van der Waals surface area contributed by atoms with E-state index in [2.05, 4.69) is 6.58 Å². The first-order chi connectivity index (χ1) is 6.59. The van der Waals surface area contributed by atoms with E-state index < -0.39 is 0 Å². The number of rotatable bonds is 4. The summed E-state index contributed by atoms with van der Waals surface area (Å²) < 4.78 is 10.8. The van der Waals surface area contributed by atoms with Crippen LogP contribution in [0.2, 0.25) is 0 Å². The van der Waals surface area contributed by atoms with Crippen LogP contribution in [-0.4, -0.2) is 28.8 Å². The molecule has 0 saturated carbocycles. The molecule has 0 amide bonds. The van der Waals surface area contributed by atoms with Crippen LogP contribution in [0.5, 0.6) is 0 Å². The number of hydrogen-bond donors (Lipinski definition) is 0. The highest BCUT2D eigenvalue weighted by Crippen LogP contribution is 2.21. The van der Waals surface area contributed by atoms with E-state index in [1.807, 2.05) is 0 Å². The summed E-state index contributed by atoms with van der Waals surface area (Å²) in [7, 11) is 0. The Bertz CT molecular complexity index is 263. The van der Waals surface area contributed by atoms with Crippen molar-refractivity contribution < 1.29 is 14.3 Å². The lowest BCUT2D eigenvalue weighted by atomic mass is 10.3. The molecule has 1 saturated heterocycles. The van der Waals surface area contributed by atoms with Gasteiger partial charge in [0.25, 0.3) is 0 Å². The molecule has 1 rings (SSSR count). The Morgan fingerprint density at radius 1 is 1.86 bits per heavy atom. The molecule has 0 aromatic heterocycles. The Hall–Kier alpha value is -0.550. The first kappa shape index (κ1) is 11.5. The molecule has 0 aliphatic carbocycles. The van der Waals surface area contributed by atoms with E-state index in [1.165, 1.54) is 11.8 Å². The molecular formula is C9H12O3S2. The van der Waals surface area contributed by atoms with Crippen LogP contribution in [0.15, 0.2) is 12.2 Å². The molecule has 0 aromatic carbocycles. The summed E-state index contributed by atoms with van der Waals surface area (Å²) >= 11 is 6.38. The number of hydrogen-bond acceptors (Lipinski definition) is 5. The average molecular weight is 232 g/mol. The van der Waals surface area contributed by atoms with Crippen molar-refractivity contribution in [3.8, 4) is 0 Å². The van der Waals surface area contributed by atoms with Gasteiger partial charge in [0, 0.05) is 17.7 Å². The Morgan fingerprint density at radius 2 is 2.57 bits per heavy atom. The Kier molecular flexibility index (Phi) is 4.41. The largest absolute Gasteiger partial charge is 0.474 e.